The molecule has 1 heterocycles. The lowest BCUT2D eigenvalue weighted by molar-refractivity contribution is 1.12. The summed E-state index contributed by atoms with van der Waals surface area (Å²) in [5.74, 6) is 0.298. The summed E-state index contributed by atoms with van der Waals surface area (Å²) in [5.41, 5.74) is 10.5. The van der Waals surface area contributed by atoms with E-state index in [0.29, 0.717) is 5.95 Å². The van der Waals surface area contributed by atoms with Crippen molar-refractivity contribution in [1.82, 2.24) is 9.97 Å². The molecule has 1 aromatic carbocycles. The van der Waals surface area contributed by atoms with Crippen molar-refractivity contribution >= 4 is 17.5 Å². The summed E-state index contributed by atoms with van der Waals surface area (Å²) in [7, 11) is 0. The molecule has 0 radical (unpaired) electrons. The summed E-state index contributed by atoms with van der Waals surface area (Å²) in [6.45, 7) is 5.89. The van der Waals surface area contributed by atoms with E-state index in [9.17, 15) is 0 Å². The minimum Gasteiger partial charge on any atom is -0.368 e. The highest BCUT2D eigenvalue weighted by Gasteiger charge is 2.08. The molecule has 0 aliphatic heterocycles. The third kappa shape index (κ3) is 2.39. The van der Waals surface area contributed by atoms with Crippen LogP contribution in [0.4, 0.5) is 5.95 Å². The monoisotopic (exact) mass is 247 g/mol. The van der Waals surface area contributed by atoms with Gasteiger partial charge in [-0.05, 0) is 50.1 Å². The van der Waals surface area contributed by atoms with Crippen molar-refractivity contribution in [3.05, 3.63) is 40.0 Å². The number of hydrogen-bond donors (Lipinski definition) is 1. The first-order chi connectivity index (χ1) is 7.97. The predicted octanol–water partition coefficient (Wildman–Crippen LogP) is 3.30. The van der Waals surface area contributed by atoms with Gasteiger partial charge in [-0.15, -0.1) is 0 Å². The van der Waals surface area contributed by atoms with Gasteiger partial charge in [-0.2, -0.15) is 0 Å². The summed E-state index contributed by atoms with van der Waals surface area (Å²) in [6, 6.07) is 5.89. The van der Waals surface area contributed by atoms with Crippen molar-refractivity contribution in [2.45, 2.75) is 20.8 Å². The minimum absolute atomic E-state index is 0.298. The lowest BCUT2D eigenvalue weighted by atomic mass is 10.0. The largest absolute Gasteiger partial charge is 0.368 e. The van der Waals surface area contributed by atoms with Crippen LogP contribution in [-0.4, -0.2) is 9.97 Å². The van der Waals surface area contributed by atoms with Crippen LogP contribution in [0, 0.1) is 20.8 Å². The molecular weight excluding hydrogens is 234 g/mol. The molecule has 0 aliphatic carbocycles. The number of rotatable bonds is 1. The van der Waals surface area contributed by atoms with E-state index in [2.05, 4.69) is 9.97 Å². The molecule has 0 unspecified atom stereocenters. The van der Waals surface area contributed by atoms with Gasteiger partial charge < -0.3 is 5.73 Å². The standard InChI is InChI=1S/C13H14ClN3/c1-7-5-11(14)8(2)4-10(7)12-6-9(3)16-13(15)17-12/h4-6H,1-3H3,(H2,15,16,17). The molecule has 3 nitrogen and oxygen atoms in total. The molecule has 0 spiro atoms. The fraction of sp³-hybridized carbons (Fsp3) is 0.231. The second-order valence-electron chi connectivity index (χ2n) is 4.17. The van der Waals surface area contributed by atoms with Gasteiger partial charge in [-0.3, -0.25) is 0 Å². The number of aromatic nitrogens is 2. The number of benzene rings is 1. The first-order valence-corrected chi connectivity index (χ1v) is 5.73. The van der Waals surface area contributed by atoms with E-state index in [1.165, 1.54) is 0 Å². The number of nitrogen functional groups attached to an aromatic ring is 1. The maximum atomic E-state index is 6.08. The Labute approximate surface area is 106 Å². The maximum absolute atomic E-state index is 6.08. The first kappa shape index (κ1) is 11.9. The molecule has 2 rings (SSSR count). The van der Waals surface area contributed by atoms with E-state index < -0.39 is 0 Å². The number of aryl methyl sites for hydroxylation is 3. The molecule has 0 fully saturated rings. The summed E-state index contributed by atoms with van der Waals surface area (Å²) < 4.78 is 0. The molecule has 88 valence electrons. The zero-order chi connectivity index (χ0) is 12.6. The van der Waals surface area contributed by atoms with Gasteiger partial charge in [-0.1, -0.05) is 11.6 Å². The van der Waals surface area contributed by atoms with Crippen LogP contribution >= 0.6 is 11.6 Å². The summed E-state index contributed by atoms with van der Waals surface area (Å²) in [4.78, 5) is 8.33. The van der Waals surface area contributed by atoms with Gasteiger partial charge in [0.05, 0.1) is 5.69 Å². The molecule has 17 heavy (non-hydrogen) atoms. The van der Waals surface area contributed by atoms with E-state index >= 15 is 0 Å². The number of anilines is 1. The maximum Gasteiger partial charge on any atom is 0.220 e. The van der Waals surface area contributed by atoms with Crippen LogP contribution in [0.1, 0.15) is 16.8 Å². The molecule has 1 aromatic heterocycles. The SMILES string of the molecule is Cc1cc(-c2cc(C)c(Cl)cc2C)nc(N)n1. The van der Waals surface area contributed by atoms with Crippen LogP contribution in [0.15, 0.2) is 18.2 Å². The second kappa shape index (κ2) is 4.34. The Balaban J connectivity index is 2.64. The molecule has 2 aromatic rings. The molecule has 0 amide bonds. The average molecular weight is 248 g/mol. The zero-order valence-electron chi connectivity index (χ0n) is 10.1. The van der Waals surface area contributed by atoms with E-state index in [0.717, 1.165) is 33.1 Å². The van der Waals surface area contributed by atoms with Gasteiger partial charge in [0.2, 0.25) is 5.95 Å². The Hall–Kier alpha value is -1.61. The van der Waals surface area contributed by atoms with E-state index in [4.69, 9.17) is 17.3 Å². The van der Waals surface area contributed by atoms with Crippen molar-refractivity contribution < 1.29 is 0 Å². The molecule has 0 bridgehead atoms. The van der Waals surface area contributed by atoms with Crippen LogP contribution < -0.4 is 5.73 Å². The normalized spacial score (nSPS) is 10.6. The Morgan fingerprint density at radius 3 is 2.35 bits per heavy atom. The van der Waals surface area contributed by atoms with Crippen molar-refractivity contribution in [1.29, 1.82) is 0 Å². The molecule has 0 saturated heterocycles. The minimum atomic E-state index is 0.298. The smallest absolute Gasteiger partial charge is 0.220 e. The summed E-state index contributed by atoms with van der Waals surface area (Å²) >= 11 is 6.08. The van der Waals surface area contributed by atoms with Gasteiger partial charge in [-0.25, -0.2) is 9.97 Å². The van der Waals surface area contributed by atoms with Crippen LogP contribution in [0.3, 0.4) is 0 Å². The van der Waals surface area contributed by atoms with Gasteiger partial charge in [0.25, 0.3) is 0 Å². The number of nitrogens with zero attached hydrogens (tertiary/aromatic N) is 2. The van der Waals surface area contributed by atoms with Crippen molar-refractivity contribution in [2.24, 2.45) is 0 Å². The summed E-state index contributed by atoms with van der Waals surface area (Å²) in [6.07, 6.45) is 0. The van der Waals surface area contributed by atoms with Gasteiger partial charge in [0.1, 0.15) is 0 Å². The number of hydrogen-bond acceptors (Lipinski definition) is 3. The lowest BCUT2D eigenvalue weighted by Crippen LogP contribution is -1.99. The van der Waals surface area contributed by atoms with Crippen molar-refractivity contribution in [3.8, 4) is 11.3 Å². The van der Waals surface area contributed by atoms with Gasteiger partial charge in [0.15, 0.2) is 0 Å². The Morgan fingerprint density at radius 2 is 1.71 bits per heavy atom. The van der Waals surface area contributed by atoms with Gasteiger partial charge >= 0.3 is 0 Å². The van der Waals surface area contributed by atoms with Crippen molar-refractivity contribution in [3.63, 3.8) is 0 Å². The van der Waals surface area contributed by atoms with E-state index in [1.807, 2.05) is 39.0 Å². The van der Waals surface area contributed by atoms with Crippen LogP contribution in [-0.2, 0) is 0 Å². The predicted molar refractivity (Wildman–Crippen MR) is 71.1 cm³/mol. The van der Waals surface area contributed by atoms with Crippen molar-refractivity contribution in [2.75, 3.05) is 5.73 Å². The number of nitrogens with two attached hydrogens (primary N) is 1. The topological polar surface area (TPSA) is 51.8 Å². The van der Waals surface area contributed by atoms with E-state index in [1.54, 1.807) is 0 Å². The fourth-order valence-corrected chi connectivity index (χ4v) is 2.00. The molecule has 2 N–H and O–H groups in total. The highest BCUT2D eigenvalue weighted by atomic mass is 35.5. The second-order valence-corrected chi connectivity index (χ2v) is 4.58. The molecule has 0 atom stereocenters. The number of halogens is 1. The fourth-order valence-electron chi connectivity index (χ4n) is 1.79. The third-order valence-corrected chi connectivity index (χ3v) is 3.06. The average Bonchev–Trinajstić information content (AvgIpc) is 2.22. The third-order valence-electron chi connectivity index (χ3n) is 2.65. The first-order valence-electron chi connectivity index (χ1n) is 5.35. The van der Waals surface area contributed by atoms with Gasteiger partial charge in [0, 0.05) is 16.3 Å². The van der Waals surface area contributed by atoms with Crippen LogP contribution in [0.2, 0.25) is 5.02 Å². The quantitative estimate of drug-likeness (QED) is 0.841. The lowest BCUT2D eigenvalue weighted by Gasteiger charge is -2.09. The Kier molecular flexibility index (Phi) is 3.03. The van der Waals surface area contributed by atoms with Crippen LogP contribution in [0.5, 0.6) is 0 Å². The molecular formula is C13H14ClN3. The zero-order valence-corrected chi connectivity index (χ0v) is 10.8. The highest BCUT2D eigenvalue weighted by molar-refractivity contribution is 6.31. The molecule has 4 heteroatoms. The molecule has 0 aliphatic rings. The molecule has 0 saturated carbocycles. The van der Waals surface area contributed by atoms with Crippen LogP contribution in [0.25, 0.3) is 11.3 Å². The Morgan fingerprint density at radius 1 is 1.00 bits per heavy atom. The van der Waals surface area contributed by atoms with E-state index in [-0.39, 0.29) is 0 Å². The Bertz CT molecular complexity index is 559. The summed E-state index contributed by atoms with van der Waals surface area (Å²) in [5, 5.41) is 0.769. The highest BCUT2D eigenvalue weighted by Crippen LogP contribution is 2.28.